The Morgan fingerprint density at radius 2 is 2.36 bits per heavy atom. The van der Waals surface area contributed by atoms with Crippen LogP contribution in [0.3, 0.4) is 0 Å². The molecule has 80 valence electrons. The maximum atomic E-state index is 5.76. The van der Waals surface area contributed by atoms with E-state index in [1.165, 1.54) is 12.0 Å². The molecule has 2 unspecified atom stereocenters. The van der Waals surface area contributed by atoms with E-state index >= 15 is 0 Å². The normalized spacial score (nSPS) is 15.4. The number of thioether (sulfide) groups is 1. The van der Waals surface area contributed by atoms with Gasteiger partial charge in [-0.15, -0.1) is 11.8 Å². The fourth-order valence-electron chi connectivity index (χ4n) is 1.25. The van der Waals surface area contributed by atoms with Crippen molar-refractivity contribution in [1.29, 1.82) is 0 Å². The predicted octanol–water partition coefficient (Wildman–Crippen LogP) is 1.95. The van der Waals surface area contributed by atoms with Crippen molar-refractivity contribution < 1.29 is 0 Å². The van der Waals surface area contributed by atoms with Gasteiger partial charge in [-0.25, -0.2) is 0 Å². The molecule has 0 spiro atoms. The Kier molecular flexibility index (Phi) is 4.48. The van der Waals surface area contributed by atoms with Crippen LogP contribution in [-0.4, -0.2) is 21.6 Å². The Labute approximate surface area is 90.1 Å². The fraction of sp³-hybridized carbons (Fsp3) is 0.700. The molecular weight excluding hydrogens is 194 g/mol. The summed E-state index contributed by atoms with van der Waals surface area (Å²) in [6.07, 6.45) is 5.14. The molecule has 1 heterocycles. The number of rotatable bonds is 5. The third kappa shape index (κ3) is 3.03. The summed E-state index contributed by atoms with van der Waals surface area (Å²) in [6.45, 7) is 5.12. The van der Waals surface area contributed by atoms with Crippen molar-refractivity contribution in [2.24, 2.45) is 12.8 Å². The number of hydrogen-bond acceptors (Lipinski definition) is 3. The number of nitrogens with two attached hydrogens (primary N) is 1. The first kappa shape index (κ1) is 11.6. The molecule has 1 aromatic heterocycles. The number of aryl methyl sites for hydroxylation is 1. The van der Waals surface area contributed by atoms with Crippen molar-refractivity contribution in [3.8, 4) is 0 Å². The van der Waals surface area contributed by atoms with Gasteiger partial charge >= 0.3 is 0 Å². The highest BCUT2D eigenvalue weighted by Gasteiger charge is 2.14. The van der Waals surface area contributed by atoms with E-state index in [0.29, 0.717) is 17.0 Å². The molecule has 3 nitrogen and oxygen atoms in total. The lowest BCUT2D eigenvalue weighted by atomic mass is 10.2. The van der Waals surface area contributed by atoms with Gasteiger partial charge in [-0.2, -0.15) is 5.10 Å². The van der Waals surface area contributed by atoms with Gasteiger partial charge in [-0.3, -0.25) is 4.68 Å². The van der Waals surface area contributed by atoms with Crippen molar-refractivity contribution in [2.75, 3.05) is 6.54 Å². The van der Waals surface area contributed by atoms with Crippen molar-refractivity contribution in [3.05, 3.63) is 18.0 Å². The van der Waals surface area contributed by atoms with E-state index < -0.39 is 0 Å². The molecule has 0 aliphatic heterocycles. The van der Waals surface area contributed by atoms with Gasteiger partial charge < -0.3 is 5.73 Å². The molecule has 0 radical (unpaired) electrons. The largest absolute Gasteiger partial charge is 0.329 e. The summed E-state index contributed by atoms with van der Waals surface area (Å²) in [5.74, 6) is 0. The lowest BCUT2D eigenvalue weighted by molar-refractivity contribution is 0.766. The molecule has 0 saturated carbocycles. The Morgan fingerprint density at radius 1 is 1.64 bits per heavy atom. The topological polar surface area (TPSA) is 43.8 Å². The van der Waals surface area contributed by atoms with Crippen LogP contribution in [0.25, 0.3) is 0 Å². The quantitative estimate of drug-likeness (QED) is 0.813. The van der Waals surface area contributed by atoms with Crippen LogP contribution in [-0.2, 0) is 7.05 Å². The highest BCUT2D eigenvalue weighted by molar-refractivity contribution is 8.00. The Balaban J connectivity index is 2.62. The average Bonchev–Trinajstić information content (AvgIpc) is 2.60. The smallest absolute Gasteiger partial charge is 0.0533 e. The molecule has 0 aromatic carbocycles. The van der Waals surface area contributed by atoms with Crippen LogP contribution in [0.15, 0.2) is 12.4 Å². The van der Waals surface area contributed by atoms with Crippen LogP contribution in [0.2, 0.25) is 0 Å². The zero-order valence-corrected chi connectivity index (χ0v) is 9.92. The first-order valence-electron chi connectivity index (χ1n) is 5.01. The second-order valence-electron chi connectivity index (χ2n) is 3.53. The minimum absolute atomic E-state index is 0.388. The van der Waals surface area contributed by atoms with Crippen LogP contribution >= 0.6 is 11.8 Å². The molecule has 2 N–H and O–H groups in total. The summed E-state index contributed by atoms with van der Waals surface area (Å²) in [4.78, 5) is 0. The zero-order valence-electron chi connectivity index (χ0n) is 9.10. The third-order valence-electron chi connectivity index (χ3n) is 2.28. The van der Waals surface area contributed by atoms with Crippen LogP contribution in [0.4, 0.5) is 0 Å². The van der Waals surface area contributed by atoms with E-state index in [0.717, 1.165) is 0 Å². The predicted molar refractivity (Wildman–Crippen MR) is 62.3 cm³/mol. The molecule has 0 bridgehead atoms. The molecule has 0 fully saturated rings. The average molecular weight is 213 g/mol. The first-order chi connectivity index (χ1) is 6.67. The van der Waals surface area contributed by atoms with Gasteiger partial charge in [0, 0.05) is 35.9 Å². The van der Waals surface area contributed by atoms with Gasteiger partial charge in [0.25, 0.3) is 0 Å². The van der Waals surface area contributed by atoms with E-state index in [-0.39, 0.29) is 0 Å². The van der Waals surface area contributed by atoms with Crippen LogP contribution in [0.1, 0.15) is 31.1 Å². The Bertz CT molecular complexity index is 272. The zero-order chi connectivity index (χ0) is 10.6. The van der Waals surface area contributed by atoms with E-state index in [2.05, 4.69) is 18.9 Å². The van der Waals surface area contributed by atoms with Gasteiger partial charge in [0.05, 0.1) is 6.20 Å². The van der Waals surface area contributed by atoms with Crippen molar-refractivity contribution in [3.63, 3.8) is 0 Å². The first-order valence-corrected chi connectivity index (χ1v) is 5.95. The maximum Gasteiger partial charge on any atom is 0.0533 e. The second kappa shape index (κ2) is 5.41. The van der Waals surface area contributed by atoms with E-state index in [1.807, 2.05) is 35.9 Å². The molecule has 0 amide bonds. The monoisotopic (exact) mass is 213 g/mol. The van der Waals surface area contributed by atoms with E-state index in [4.69, 9.17) is 5.73 Å². The number of aromatic nitrogens is 2. The van der Waals surface area contributed by atoms with Gasteiger partial charge in [0.2, 0.25) is 0 Å². The highest BCUT2D eigenvalue weighted by Crippen LogP contribution is 2.31. The molecule has 14 heavy (non-hydrogen) atoms. The molecule has 0 aliphatic rings. The summed E-state index contributed by atoms with van der Waals surface area (Å²) in [6, 6.07) is 0. The fourth-order valence-corrected chi connectivity index (χ4v) is 2.40. The summed E-state index contributed by atoms with van der Waals surface area (Å²) in [7, 11) is 1.94. The summed E-state index contributed by atoms with van der Waals surface area (Å²) in [5.41, 5.74) is 7.00. The molecular formula is C10H19N3S. The Morgan fingerprint density at radius 3 is 2.79 bits per heavy atom. The van der Waals surface area contributed by atoms with Crippen LogP contribution < -0.4 is 5.73 Å². The lowest BCUT2D eigenvalue weighted by Crippen LogP contribution is -2.11. The molecule has 2 atom stereocenters. The van der Waals surface area contributed by atoms with Crippen LogP contribution in [0.5, 0.6) is 0 Å². The van der Waals surface area contributed by atoms with Gasteiger partial charge in [-0.1, -0.05) is 13.8 Å². The van der Waals surface area contributed by atoms with E-state index in [1.54, 1.807) is 0 Å². The van der Waals surface area contributed by atoms with Crippen molar-refractivity contribution >= 4 is 11.8 Å². The molecule has 1 aromatic rings. The van der Waals surface area contributed by atoms with Crippen LogP contribution in [0, 0.1) is 0 Å². The molecule has 4 heteroatoms. The van der Waals surface area contributed by atoms with Gasteiger partial charge in [0.15, 0.2) is 0 Å². The number of hydrogen-bond donors (Lipinski definition) is 1. The maximum absolute atomic E-state index is 5.76. The minimum atomic E-state index is 0.388. The molecule has 1 rings (SSSR count). The minimum Gasteiger partial charge on any atom is -0.329 e. The SMILES string of the molecule is CCC(C)SC(CN)c1cnn(C)c1. The highest BCUT2D eigenvalue weighted by atomic mass is 32.2. The lowest BCUT2D eigenvalue weighted by Gasteiger charge is -2.16. The van der Waals surface area contributed by atoms with Gasteiger partial charge in [-0.05, 0) is 6.42 Å². The summed E-state index contributed by atoms with van der Waals surface area (Å²) >= 11 is 1.93. The third-order valence-corrected chi connectivity index (χ3v) is 3.87. The second-order valence-corrected chi connectivity index (χ2v) is 5.17. The molecule has 0 aliphatic carbocycles. The molecule has 0 saturated heterocycles. The number of nitrogens with zero attached hydrogens (tertiary/aromatic N) is 2. The van der Waals surface area contributed by atoms with E-state index in [9.17, 15) is 0 Å². The standard InChI is InChI=1S/C10H19N3S/c1-4-8(2)14-10(5-11)9-6-12-13(3)7-9/h6-8,10H,4-5,11H2,1-3H3. The van der Waals surface area contributed by atoms with Crippen molar-refractivity contribution in [2.45, 2.75) is 30.8 Å². The van der Waals surface area contributed by atoms with Gasteiger partial charge in [0.1, 0.15) is 0 Å². The van der Waals surface area contributed by atoms with Crippen molar-refractivity contribution in [1.82, 2.24) is 9.78 Å². The Hall–Kier alpha value is -0.480. The summed E-state index contributed by atoms with van der Waals surface area (Å²) < 4.78 is 1.83. The summed E-state index contributed by atoms with van der Waals surface area (Å²) in [5, 5.41) is 5.21.